The van der Waals surface area contributed by atoms with Crippen molar-refractivity contribution in [1.29, 1.82) is 0 Å². The number of anilines is 1. The third-order valence-electron chi connectivity index (χ3n) is 7.57. The van der Waals surface area contributed by atoms with Gasteiger partial charge in [0.1, 0.15) is 11.9 Å². The minimum Gasteiger partial charge on any atom is -0.414 e. The van der Waals surface area contributed by atoms with Crippen molar-refractivity contribution >= 4 is 49.2 Å². The number of benzene rings is 1. The number of rotatable bonds is 9. The summed E-state index contributed by atoms with van der Waals surface area (Å²) in [6, 6.07) is 4.20. The summed E-state index contributed by atoms with van der Waals surface area (Å²) in [6.45, 7) is 10.4. The van der Waals surface area contributed by atoms with Gasteiger partial charge in [0, 0.05) is 18.8 Å². The quantitative estimate of drug-likeness (QED) is 0.182. The van der Waals surface area contributed by atoms with Crippen molar-refractivity contribution in [2.24, 2.45) is 5.92 Å². The topological polar surface area (TPSA) is 71.5 Å². The molecule has 13 heteroatoms. The Hall–Kier alpha value is -2.21. The molecule has 2 aromatic rings. The highest BCUT2D eigenvalue weighted by molar-refractivity contribution is 6.74. The molecule has 1 saturated carbocycles. The molecule has 0 saturated heterocycles. The van der Waals surface area contributed by atoms with Crippen LogP contribution in [0.4, 0.5) is 23.4 Å². The molecule has 1 aliphatic rings. The first-order valence-electron chi connectivity index (χ1n) is 12.7. The van der Waals surface area contributed by atoms with E-state index in [-0.39, 0.29) is 34.4 Å². The zero-order valence-electron chi connectivity index (χ0n) is 22.9. The lowest BCUT2D eigenvalue weighted by Crippen LogP contribution is -2.57. The lowest BCUT2D eigenvalue weighted by molar-refractivity contribution is -0.142. The number of alkyl halides is 4. The molecule has 1 unspecified atom stereocenters. The number of aromatic nitrogens is 1. The summed E-state index contributed by atoms with van der Waals surface area (Å²) in [5.74, 6) is -3.35. The van der Waals surface area contributed by atoms with Gasteiger partial charge in [-0.25, -0.2) is 9.37 Å². The fourth-order valence-electron chi connectivity index (χ4n) is 4.28. The van der Waals surface area contributed by atoms with Crippen LogP contribution in [0.25, 0.3) is 0 Å². The number of carbonyl (C=O) groups is 2. The highest BCUT2D eigenvalue weighted by atomic mass is 35.5. The smallest absolute Gasteiger partial charge is 0.414 e. The number of hydrogen-bond donors (Lipinski definition) is 1. The van der Waals surface area contributed by atoms with Crippen LogP contribution in [-0.4, -0.2) is 48.0 Å². The van der Waals surface area contributed by atoms with Gasteiger partial charge in [0.25, 0.3) is 0 Å². The highest BCUT2D eigenvalue weighted by Gasteiger charge is 2.47. The van der Waals surface area contributed by atoms with E-state index in [1.807, 2.05) is 0 Å². The molecule has 1 aliphatic carbocycles. The maximum Gasteiger partial charge on any atom is 0.416 e. The second-order valence-electron chi connectivity index (χ2n) is 11.5. The molecule has 1 fully saturated rings. The molecular weight excluding hydrogens is 589 g/mol. The van der Waals surface area contributed by atoms with Gasteiger partial charge in [-0.2, -0.15) is 13.2 Å². The number of halogens is 6. The van der Waals surface area contributed by atoms with Crippen LogP contribution in [0.2, 0.25) is 23.2 Å². The van der Waals surface area contributed by atoms with Gasteiger partial charge in [-0.15, -0.1) is 11.6 Å². The number of hydrogen-bond acceptors (Lipinski definition) is 4. The Morgan fingerprint density at radius 1 is 1.18 bits per heavy atom. The number of amides is 2. The van der Waals surface area contributed by atoms with Gasteiger partial charge in [-0.1, -0.05) is 44.5 Å². The average Bonchev–Trinajstić information content (AvgIpc) is 2.82. The van der Waals surface area contributed by atoms with Crippen LogP contribution < -0.4 is 5.32 Å². The van der Waals surface area contributed by atoms with E-state index in [0.29, 0.717) is 18.4 Å². The first-order chi connectivity index (χ1) is 18.4. The highest BCUT2D eigenvalue weighted by Crippen LogP contribution is 2.43. The maximum absolute atomic E-state index is 14.5. The van der Waals surface area contributed by atoms with Crippen molar-refractivity contribution in [3.63, 3.8) is 0 Å². The Morgan fingerprint density at radius 3 is 2.27 bits per heavy atom. The van der Waals surface area contributed by atoms with Gasteiger partial charge in [0.05, 0.1) is 10.6 Å². The van der Waals surface area contributed by atoms with Gasteiger partial charge in [0.15, 0.2) is 20.0 Å². The number of pyridine rings is 1. The van der Waals surface area contributed by atoms with E-state index in [9.17, 15) is 27.2 Å². The van der Waals surface area contributed by atoms with Crippen LogP contribution in [0.5, 0.6) is 0 Å². The predicted octanol–water partition coefficient (Wildman–Crippen LogP) is 7.27. The van der Waals surface area contributed by atoms with Gasteiger partial charge >= 0.3 is 6.18 Å². The molecular formula is C27H33Cl2F4N3O3Si. The number of carbonyl (C=O) groups excluding carboxylic acids is 2. The second-order valence-corrected chi connectivity index (χ2v) is 17.0. The SMILES string of the molecule is CC(C)(C)[Si](C)(C)OC1CC(C(C(=O)Nc2ncc(Cl)cc2F)N(Cc2ccc(C(F)(F)F)cc2)C(=O)CCl)C1. The van der Waals surface area contributed by atoms with Crippen molar-refractivity contribution in [1.82, 2.24) is 9.88 Å². The van der Waals surface area contributed by atoms with Crippen LogP contribution in [-0.2, 0) is 26.7 Å². The van der Waals surface area contributed by atoms with E-state index in [4.69, 9.17) is 27.6 Å². The fraction of sp³-hybridized carbons (Fsp3) is 0.519. The van der Waals surface area contributed by atoms with E-state index in [2.05, 4.69) is 44.2 Å². The number of nitrogens with one attached hydrogen (secondary N) is 1. The summed E-state index contributed by atoms with van der Waals surface area (Å²) in [5.41, 5.74) is -0.469. The first kappa shape index (κ1) is 32.3. The second kappa shape index (κ2) is 12.3. The molecule has 1 atom stereocenters. The molecule has 2 amide bonds. The largest absolute Gasteiger partial charge is 0.416 e. The molecule has 1 aromatic carbocycles. The van der Waals surface area contributed by atoms with Crippen molar-refractivity contribution in [3.8, 4) is 0 Å². The third kappa shape index (κ3) is 7.74. The van der Waals surface area contributed by atoms with Crippen LogP contribution >= 0.6 is 23.2 Å². The fourth-order valence-corrected chi connectivity index (χ4v) is 5.95. The molecule has 0 spiro atoms. The molecule has 1 N–H and O–H groups in total. The Kier molecular flexibility index (Phi) is 9.97. The standard InChI is InChI=1S/C27H33Cl2F4N3O3Si/c1-26(2,3)40(4,5)39-20-10-17(11-20)23(25(38)35-24-21(30)12-19(29)14-34-24)36(22(37)13-28)15-16-6-8-18(9-7-16)27(31,32)33/h6-9,12,14,17,20,23H,10-11,13,15H2,1-5H3,(H,34,35,38). The Morgan fingerprint density at radius 2 is 1.77 bits per heavy atom. The monoisotopic (exact) mass is 621 g/mol. The summed E-state index contributed by atoms with van der Waals surface area (Å²) in [7, 11) is -2.11. The summed E-state index contributed by atoms with van der Waals surface area (Å²) >= 11 is 11.7. The summed E-state index contributed by atoms with van der Waals surface area (Å²) in [5, 5.41) is 2.45. The van der Waals surface area contributed by atoms with E-state index >= 15 is 0 Å². The van der Waals surface area contributed by atoms with E-state index in [0.717, 1.165) is 18.2 Å². The van der Waals surface area contributed by atoms with Crippen molar-refractivity contribution in [2.75, 3.05) is 11.2 Å². The summed E-state index contributed by atoms with van der Waals surface area (Å²) < 4.78 is 60.1. The molecule has 6 nitrogen and oxygen atoms in total. The van der Waals surface area contributed by atoms with Gasteiger partial charge < -0.3 is 14.6 Å². The molecule has 0 aliphatic heterocycles. The molecule has 40 heavy (non-hydrogen) atoms. The predicted molar refractivity (Wildman–Crippen MR) is 149 cm³/mol. The van der Waals surface area contributed by atoms with Crippen LogP contribution in [0.3, 0.4) is 0 Å². The number of nitrogens with zero attached hydrogens (tertiary/aromatic N) is 2. The maximum atomic E-state index is 14.5. The van der Waals surface area contributed by atoms with Gasteiger partial charge in [-0.3, -0.25) is 9.59 Å². The first-order valence-corrected chi connectivity index (χ1v) is 16.6. The molecule has 220 valence electrons. The summed E-state index contributed by atoms with van der Waals surface area (Å²) in [4.78, 5) is 31.7. The van der Waals surface area contributed by atoms with Gasteiger partial charge in [0.2, 0.25) is 11.8 Å². The Balaban J connectivity index is 1.90. The van der Waals surface area contributed by atoms with Crippen molar-refractivity contribution in [2.45, 2.75) is 76.6 Å². The Labute approximate surface area is 242 Å². The molecule has 1 heterocycles. The zero-order chi connectivity index (χ0) is 30.0. The third-order valence-corrected chi connectivity index (χ3v) is 12.5. The van der Waals surface area contributed by atoms with Crippen molar-refractivity contribution in [3.05, 3.63) is 58.5 Å². The molecule has 1 aromatic heterocycles. The van der Waals surface area contributed by atoms with Crippen LogP contribution in [0.15, 0.2) is 36.5 Å². The van der Waals surface area contributed by atoms with Gasteiger partial charge in [-0.05, 0) is 60.7 Å². The average molecular weight is 623 g/mol. The normalized spacial score (nSPS) is 18.6. The lowest BCUT2D eigenvalue weighted by Gasteiger charge is -2.48. The zero-order valence-corrected chi connectivity index (χ0v) is 25.4. The van der Waals surface area contributed by atoms with E-state index in [1.54, 1.807) is 0 Å². The van der Waals surface area contributed by atoms with Crippen LogP contribution in [0, 0.1) is 11.7 Å². The molecule has 0 bridgehead atoms. The molecule has 0 radical (unpaired) electrons. The van der Waals surface area contributed by atoms with Crippen molar-refractivity contribution < 1.29 is 31.6 Å². The minimum absolute atomic E-state index is 0.0319. The van der Waals surface area contributed by atoms with E-state index < -0.39 is 49.6 Å². The van der Waals surface area contributed by atoms with Crippen LogP contribution in [0.1, 0.15) is 44.7 Å². The minimum atomic E-state index is -4.52. The summed E-state index contributed by atoms with van der Waals surface area (Å²) in [6.07, 6.45) is -2.56. The lowest BCUT2D eigenvalue weighted by atomic mass is 9.76. The molecule has 3 rings (SSSR count). The Bertz CT molecular complexity index is 1220. The van der Waals surface area contributed by atoms with E-state index in [1.165, 1.54) is 23.2 Å².